The van der Waals surface area contributed by atoms with E-state index in [9.17, 15) is 32.3 Å². The van der Waals surface area contributed by atoms with Gasteiger partial charge in [0.15, 0.2) is 0 Å². The van der Waals surface area contributed by atoms with Crippen LogP contribution in [0.4, 0.5) is 13.2 Å². The van der Waals surface area contributed by atoms with Crippen molar-refractivity contribution >= 4 is 23.7 Å². The zero-order chi connectivity index (χ0) is 26.9. The van der Waals surface area contributed by atoms with Gasteiger partial charge in [-0.05, 0) is 45.2 Å². The minimum absolute atomic E-state index is 0.168. The van der Waals surface area contributed by atoms with Crippen molar-refractivity contribution in [3.63, 3.8) is 0 Å². The monoisotopic (exact) mass is 514 g/mol. The number of nitrogens with one attached hydrogen (secondary N) is 2. The molecule has 1 fully saturated rings. The Morgan fingerprint density at radius 3 is 2.44 bits per heavy atom. The summed E-state index contributed by atoms with van der Waals surface area (Å²) >= 11 is 0. The van der Waals surface area contributed by atoms with E-state index in [0.717, 1.165) is 10.5 Å². The summed E-state index contributed by atoms with van der Waals surface area (Å²) in [7, 11) is 1.55. The van der Waals surface area contributed by atoms with Crippen LogP contribution in [0.1, 0.15) is 38.2 Å². The molecule has 3 N–H and O–H groups in total. The van der Waals surface area contributed by atoms with Crippen LogP contribution in [-0.4, -0.2) is 89.6 Å². The predicted molar refractivity (Wildman–Crippen MR) is 125 cm³/mol. The van der Waals surface area contributed by atoms with Crippen LogP contribution in [0.3, 0.4) is 0 Å². The number of alkyl halides is 3. The van der Waals surface area contributed by atoms with Gasteiger partial charge in [-0.15, -0.1) is 0 Å². The molecule has 0 radical (unpaired) electrons. The zero-order valence-electron chi connectivity index (χ0n) is 20.4. The Labute approximate surface area is 208 Å². The van der Waals surface area contributed by atoms with Crippen LogP contribution in [-0.2, 0) is 25.6 Å². The third kappa shape index (κ3) is 8.51. The summed E-state index contributed by atoms with van der Waals surface area (Å²) in [4.78, 5) is 51.0. The molecule has 1 aromatic carbocycles. The van der Waals surface area contributed by atoms with Crippen LogP contribution in [0.25, 0.3) is 0 Å². The molecule has 1 saturated heterocycles. The van der Waals surface area contributed by atoms with Gasteiger partial charge in [0, 0.05) is 32.1 Å². The van der Waals surface area contributed by atoms with Crippen LogP contribution in [0.15, 0.2) is 30.3 Å². The first-order chi connectivity index (χ1) is 16.9. The number of nitrogens with zero attached hydrogens (tertiary/aromatic N) is 2. The molecule has 1 aliphatic rings. The fraction of sp³-hybridized carbons (Fsp3) is 0.583. The predicted octanol–water partition coefficient (Wildman–Crippen LogP) is 1.57. The lowest BCUT2D eigenvalue weighted by molar-refractivity contribution is -0.186. The lowest BCUT2D eigenvalue weighted by Gasteiger charge is -2.33. The topological polar surface area (TPSA) is 119 Å². The van der Waals surface area contributed by atoms with Gasteiger partial charge in [-0.3, -0.25) is 19.2 Å². The first kappa shape index (κ1) is 29.1. The molecule has 0 unspecified atom stereocenters. The molecule has 1 aliphatic heterocycles. The van der Waals surface area contributed by atoms with E-state index in [4.69, 9.17) is 5.11 Å². The number of rotatable bonds is 12. The molecule has 3 amide bonds. The van der Waals surface area contributed by atoms with Gasteiger partial charge in [0.1, 0.15) is 6.04 Å². The standard InChI is InChI=1S/C24H33F3N4O5/c1-16(28-2)21(34)29-19(10-11-20(32)33)22(35)31-13-6-9-18(31)15-30(23(36)24(25,26)27)14-12-17-7-4-3-5-8-17/h3-5,7-8,16,18-19,28H,6,9-15H2,1-2H3,(H,29,34)(H,32,33)/t16-,18-,19-/m0/s1. The van der Waals surface area contributed by atoms with E-state index in [1.54, 1.807) is 44.3 Å². The van der Waals surface area contributed by atoms with E-state index >= 15 is 0 Å². The number of carboxylic acid groups (broad SMARTS) is 1. The number of benzene rings is 1. The number of amides is 3. The van der Waals surface area contributed by atoms with E-state index < -0.39 is 48.0 Å². The van der Waals surface area contributed by atoms with Crippen molar-refractivity contribution in [3.8, 4) is 0 Å². The number of carbonyl (C=O) groups is 4. The average molecular weight is 515 g/mol. The molecular formula is C24H33F3N4O5. The second-order valence-electron chi connectivity index (χ2n) is 8.82. The molecule has 36 heavy (non-hydrogen) atoms. The van der Waals surface area contributed by atoms with Crippen LogP contribution >= 0.6 is 0 Å². The van der Waals surface area contributed by atoms with E-state index in [1.165, 1.54) is 4.90 Å². The Morgan fingerprint density at radius 2 is 1.86 bits per heavy atom. The number of likely N-dealkylation sites (N-methyl/N-ethyl adjacent to an activating group) is 1. The van der Waals surface area contributed by atoms with E-state index in [0.29, 0.717) is 12.8 Å². The van der Waals surface area contributed by atoms with Crippen LogP contribution in [0.5, 0.6) is 0 Å². The number of halogens is 3. The summed E-state index contributed by atoms with van der Waals surface area (Å²) in [6, 6.07) is 6.31. The van der Waals surface area contributed by atoms with Gasteiger partial charge >= 0.3 is 18.1 Å². The number of hydrogen-bond donors (Lipinski definition) is 3. The molecule has 0 aromatic heterocycles. The molecule has 12 heteroatoms. The van der Waals surface area contributed by atoms with Crippen LogP contribution in [0.2, 0.25) is 0 Å². The van der Waals surface area contributed by atoms with Crippen molar-refractivity contribution in [3.05, 3.63) is 35.9 Å². The molecular weight excluding hydrogens is 481 g/mol. The lowest BCUT2D eigenvalue weighted by atomic mass is 10.1. The highest BCUT2D eigenvalue weighted by Crippen LogP contribution is 2.24. The normalized spacial score (nSPS) is 17.4. The first-order valence-corrected chi connectivity index (χ1v) is 11.8. The van der Waals surface area contributed by atoms with Gasteiger partial charge in [-0.2, -0.15) is 13.2 Å². The average Bonchev–Trinajstić information content (AvgIpc) is 3.30. The lowest BCUT2D eigenvalue weighted by Crippen LogP contribution is -2.55. The summed E-state index contributed by atoms with van der Waals surface area (Å²) in [5.41, 5.74) is 0.770. The van der Waals surface area contributed by atoms with Gasteiger partial charge < -0.3 is 25.5 Å². The maximum atomic E-state index is 13.3. The van der Waals surface area contributed by atoms with Crippen molar-refractivity contribution < 1.29 is 37.5 Å². The van der Waals surface area contributed by atoms with Crippen molar-refractivity contribution in [1.29, 1.82) is 0 Å². The Balaban J connectivity index is 2.19. The maximum Gasteiger partial charge on any atom is 0.471 e. The van der Waals surface area contributed by atoms with Crippen LogP contribution in [0, 0.1) is 0 Å². The van der Waals surface area contributed by atoms with Crippen LogP contribution < -0.4 is 10.6 Å². The third-order valence-electron chi connectivity index (χ3n) is 6.22. The summed E-state index contributed by atoms with van der Waals surface area (Å²) in [5, 5.41) is 14.3. The molecule has 200 valence electrons. The van der Waals surface area contributed by atoms with Gasteiger partial charge in [0.05, 0.1) is 6.04 Å². The fourth-order valence-electron chi connectivity index (χ4n) is 4.09. The largest absolute Gasteiger partial charge is 0.481 e. The number of hydrogen-bond acceptors (Lipinski definition) is 5. The minimum atomic E-state index is -5.06. The highest BCUT2D eigenvalue weighted by atomic mass is 19.4. The summed E-state index contributed by atoms with van der Waals surface area (Å²) in [5.74, 6) is -4.20. The zero-order valence-corrected chi connectivity index (χ0v) is 20.4. The molecule has 1 heterocycles. The number of carbonyl (C=O) groups excluding carboxylic acids is 3. The Kier molecular flexibility index (Phi) is 10.7. The third-order valence-corrected chi connectivity index (χ3v) is 6.22. The molecule has 3 atom stereocenters. The fourth-order valence-corrected chi connectivity index (χ4v) is 4.09. The summed E-state index contributed by atoms with van der Waals surface area (Å²) in [6.07, 6.45) is -4.51. The number of carboxylic acids is 1. The molecule has 0 spiro atoms. The van der Waals surface area contributed by atoms with Crippen molar-refractivity contribution in [2.45, 2.75) is 63.3 Å². The second kappa shape index (κ2) is 13.2. The molecule has 9 nitrogen and oxygen atoms in total. The van der Waals surface area contributed by atoms with Gasteiger partial charge in [-0.25, -0.2) is 0 Å². The van der Waals surface area contributed by atoms with Crippen molar-refractivity contribution in [2.24, 2.45) is 0 Å². The Morgan fingerprint density at radius 1 is 1.19 bits per heavy atom. The smallest absolute Gasteiger partial charge is 0.471 e. The highest BCUT2D eigenvalue weighted by molar-refractivity contribution is 5.90. The van der Waals surface area contributed by atoms with Gasteiger partial charge in [0.25, 0.3) is 0 Å². The summed E-state index contributed by atoms with van der Waals surface area (Å²) < 4.78 is 40.0. The highest BCUT2D eigenvalue weighted by Gasteiger charge is 2.44. The SMILES string of the molecule is CN[C@@H](C)C(=O)N[C@@H](CCC(=O)O)C(=O)N1CCC[C@H]1CN(CCc1ccccc1)C(=O)C(F)(F)F. The molecule has 2 rings (SSSR count). The first-order valence-electron chi connectivity index (χ1n) is 11.8. The van der Waals surface area contributed by atoms with Crippen molar-refractivity contribution in [1.82, 2.24) is 20.4 Å². The summed E-state index contributed by atoms with van der Waals surface area (Å²) in [6.45, 7) is 1.31. The molecule has 0 saturated carbocycles. The van der Waals surface area contributed by atoms with E-state index in [1.807, 2.05) is 0 Å². The van der Waals surface area contributed by atoms with E-state index in [2.05, 4.69) is 10.6 Å². The molecule has 1 aromatic rings. The maximum absolute atomic E-state index is 13.3. The minimum Gasteiger partial charge on any atom is -0.481 e. The quantitative estimate of drug-likeness (QED) is 0.390. The van der Waals surface area contributed by atoms with Gasteiger partial charge in [-0.1, -0.05) is 30.3 Å². The van der Waals surface area contributed by atoms with E-state index in [-0.39, 0.29) is 38.9 Å². The molecule has 0 aliphatic carbocycles. The molecule has 0 bridgehead atoms. The van der Waals surface area contributed by atoms with Gasteiger partial charge in [0.2, 0.25) is 11.8 Å². The number of likely N-dealkylation sites (tertiary alicyclic amines) is 1. The number of aliphatic carboxylic acids is 1. The Hall–Kier alpha value is -3.15. The Bertz CT molecular complexity index is 913. The van der Waals surface area contributed by atoms with Crippen molar-refractivity contribution in [2.75, 3.05) is 26.7 Å². The second-order valence-corrected chi connectivity index (χ2v) is 8.82.